The van der Waals surface area contributed by atoms with E-state index in [0.29, 0.717) is 10.7 Å². The van der Waals surface area contributed by atoms with E-state index in [1.165, 1.54) is 24.3 Å². The number of non-ortho nitro benzene ring substituents is 1. The number of amides is 1. The van der Waals surface area contributed by atoms with Crippen molar-refractivity contribution >= 4 is 46.2 Å². The van der Waals surface area contributed by atoms with Gasteiger partial charge in [0.05, 0.1) is 15.6 Å². The molecule has 2 aromatic rings. The molecule has 0 saturated heterocycles. The highest BCUT2D eigenvalue weighted by Gasteiger charge is 2.12. The highest BCUT2D eigenvalue weighted by atomic mass is 35.5. The fourth-order valence-electron chi connectivity index (χ4n) is 1.80. The molecule has 0 aromatic heterocycles. The summed E-state index contributed by atoms with van der Waals surface area (Å²) in [5.41, 5.74) is 0.191. The Kier molecular flexibility index (Phi) is 5.95. The topological polar surface area (TPSA) is 108 Å². The van der Waals surface area contributed by atoms with Crippen LogP contribution in [0.2, 0.25) is 10.0 Å². The highest BCUT2D eigenvalue weighted by Crippen LogP contribution is 2.26. The summed E-state index contributed by atoms with van der Waals surface area (Å²) in [4.78, 5) is 22.3. The first-order valence-electron chi connectivity index (χ1n) is 6.78. The number of hydrogen-bond donors (Lipinski definition) is 2. The van der Waals surface area contributed by atoms with Gasteiger partial charge in [-0.25, -0.2) is 0 Å². The summed E-state index contributed by atoms with van der Waals surface area (Å²) in [6.07, 6.45) is 1.12. The molecule has 2 N–H and O–H groups in total. The highest BCUT2D eigenvalue weighted by molar-refractivity contribution is 6.33. The first-order valence-corrected chi connectivity index (χ1v) is 7.54. The van der Waals surface area contributed by atoms with Crippen molar-refractivity contribution in [3.05, 3.63) is 74.4 Å². The Balaban J connectivity index is 2.18. The molecule has 0 spiro atoms. The zero-order valence-electron chi connectivity index (χ0n) is 12.5. The summed E-state index contributed by atoms with van der Waals surface area (Å²) in [7, 11) is 0. The van der Waals surface area contributed by atoms with Gasteiger partial charge in [0.15, 0.2) is 0 Å². The van der Waals surface area contributed by atoms with Crippen LogP contribution in [0, 0.1) is 21.4 Å². The molecule has 25 heavy (non-hydrogen) atoms. The van der Waals surface area contributed by atoms with Gasteiger partial charge < -0.3 is 10.6 Å². The summed E-state index contributed by atoms with van der Waals surface area (Å²) in [6.45, 7) is 0. The second kappa shape index (κ2) is 8.15. The molecule has 0 bridgehead atoms. The monoisotopic (exact) mass is 376 g/mol. The fourth-order valence-corrected chi connectivity index (χ4v) is 2.16. The van der Waals surface area contributed by atoms with E-state index in [9.17, 15) is 14.9 Å². The number of rotatable bonds is 5. The average molecular weight is 377 g/mol. The van der Waals surface area contributed by atoms with Crippen LogP contribution in [0.5, 0.6) is 0 Å². The van der Waals surface area contributed by atoms with Gasteiger partial charge in [0, 0.05) is 29.0 Å². The van der Waals surface area contributed by atoms with E-state index in [0.717, 1.165) is 6.20 Å². The van der Waals surface area contributed by atoms with Crippen LogP contribution in [0.25, 0.3) is 0 Å². The maximum atomic E-state index is 12.1. The number of benzene rings is 2. The summed E-state index contributed by atoms with van der Waals surface area (Å²) < 4.78 is 0. The van der Waals surface area contributed by atoms with Gasteiger partial charge in [-0.3, -0.25) is 14.9 Å². The average Bonchev–Trinajstić information content (AvgIpc) is 2.56. The molecular weight excluding hydrogens is 367 g/mol. The van der Waals surface area contributed by atoms with Crippen molar-refractivity contribution in [2.75, 3.05) is 10.6 Å². The minimum atomic E-state index is -0.668. The van der Waals surface area contributed by atoms with Crippen LogP contribution in [0.15, 0.2) is 54.2 Å². The summed E-state index contributed by atoms with van der Waals surface area (Å²) in [5.74, 6) is -0.668. The number of nitro groups is 1. The maximum Gasteiger partial charge on any atom is 0.271 e. The largest absolute Gasteiger partial charge is 0.359 e. The summed E-state index contributed by atoms with van der Waals surface area (Å²) >= 11 is 11.8. The van der Waals surface area contributed by atoms with Gasteiger partial charge in [-0.05, 0) is 24.3 Å². The Morgan fingerprint density at radius 3 is 2.64 bits per heavy atom. The van der Waals surface area contributed by atoms with Gasteiger partial charge in [-0.15, -0.1) is 0 Å². The third kappa shape index (κ3) is 4.94. The first kappa shape index (κ1) is 18.3. The van der Waals surface area contributed by atoms with Gasteiger partial charge in [-0.2, -0.15) is 5.26 Å². The van der Waals surface area contributed by atoms with E-state index in [-0.39, 0.29) is 22.0 Å². The van der Waals surface area contributed by atoms with Crippen LogP contribution >= 0.6 is 23.2 Å². The van der Waals surface area contributed by atoms with Crippen LogP contribution in [-0.2, 0) is 4.79 Å². The van der Waals surface area contributed by atoms with Crippen LogP contribution in [0.3, 0.4) is 0 Å². The molecule has 0 aliphatic heterocycles. The number of carbonyl (C=O) groups is 1. The molecule has 0 fully saturated rings. The molecule has 9 heteroatoms. The lowest BCUT2D eigenvalue weighted by Crippen LogP contribution is -2.14. The number of halogens is 2. The van der Waals surface area contributed by atoms with E-state index in [2.05, 4.69) is 10.6 Å². The van der Waals surface area contributed by atoms with Crippen molar-refractivity contribution < 1.29 is 9.72 Å². The molecule has 0 aliphatic carbocycles. The molecule has 2 aromatic carbocycles. The molecular formula is C16H10Cl2N4O3. The lowest BCUT2D eigenvalue weighted by molar-refractivity contribution is -0.384. The molecule has 0 saturated carbocycles. The number of nitrogens with one attached hydrogen (secondary N) is 2. The second-order valence-electron chi connectivity index (χ2n) is 4.70. The van der Waals surface area contributed by atoms with E-state index in [4.69, 9.17) is 28.5 Å². The standard InChI is InChI=1S/C16H10Cl2N4O3/c17-11-2-1-3-12(6-11)21-16(23)10(8-19)9-20-15-7-13(22(24)25)4-5-14(15)18/h1-7,9,20H,(H,21,23)/b10-9-. The number of anilines is 2. The lowest BCUT2D eigenvalue weighted by Gasteiger charge is -2.06. The Labute approximate surface area is 152 Å². The Bertz CT molecular complexity index is 906. The molecule has 0 heterocycles. The van der Waals surface area contributed by atoms with E-state index >= 15 is 0 Å². The number of nitro benzene ring substituents is 1. The van der Waals surface area contributed by atoms with Crippen molar-refractivity contribution in [2.24, 2.45) is 0 Å². The van der Waals surface area contributed by atoms with Crippen molar-refractivity contribution in [3.8, 4) is 6.07 Å². The Morgan fingerprint density at radius 1 is 1.24 bits per heavy atom. The fraction of sp³-hybridized carbons (Fsp3) is 0. The minimum absolute atomic E-state index is 0.179. The molecule has 0 aliphatic rings. The van der Waals surface area contributed by atoms with Gasteiger partial charge in [0.2, 0.25) is 0 Å². The van der Waals surface area contributed by atoms with Crippen molar-refractivity contribution in [1.29, 1.82) is 5.26 Å². The minimum Gasteiger partial charge on any atom is -0.359 e. The van der Waals surface area contributed by atoms with Crippen molar-refractivity contribution in [3.63, 3.8) is 0 Å². The molecule has 0 atom stereocenters. The van der Waals surface area contributed by atoms with Crippen molar-refractivity contribution in [2.45, 2.75) is 0 Å². The van der Waals surface area contributed by atoms with E-state index in [1.54, 1.807) is 24.3 Å². The molecule has 1 amide bonds. The molecule has 126 valence electrons. The van der Waals surface area contributed by atoms with Gasteiger partial charge in [0.25, 0.3) is 11.6 Å². The zero-order valence-corrected chi connectivity index (χ0v) is 14.0. The van der Waals surface area contributed by atoms with Gasteiger partial charge in [0.1, 0.15) is 11.6 Å². The van der Waals surface area contributed by atoms with Crippen LogP contribution in [0.1, 0.15) is 0 Å². The third-order valence-corrected chi connectivity index (χ3v) is 3.55. The smallest absolute Gasteiger partial charge is 0.271 e. The third-order valence-electron chi connectivity index (χ3n) is 2.98. The van der Waals surface area contributed by atoms with Crippen LogP contribution in [0.4, 0.5) is 17.1 Å². The summed E-state index contributed by atoms with van der Waals surface area (Å²) in [6, 6.07) is 12.0. The van der Waals surface area contributed by atoms with Gasteiger partial charge in [-0.1, -0.05) is 29.3 Å². The van der Waals surface area contributed by atoms with E-state index in [1.807, 2.05) is 0 Å². The predicted octanol–water partition coefficient (Wildman–Crippen LogP) is 4.36. The first-order chi connectivity index (χ1) is 11.9. The second-order valence-corrected chi connectivity index (χ2v) is 5.54. The van der Waals surface area contributed by atoms with Crippen molar-refractivity contribution in [1.82, 2.24) is 0 Å². The predicted molar refractivity (Wildman–Crippen MR) is 95.5 cm³/mol. The molecule has 7 nitrogen and oxygen atoms in total. The molecule has 2 rings (SSSR count). The summed E-state index contributed by atoms with van der Waals surface area (Å²) in [5, 5.41) is 25.7. The number of carbonyl (C=O) groups excluding carboxylic acids is 1. The normalized spacial score (nSPS) is 10.7. The van der Waals surface area contributed by atoms with Gasteiger partial charge >= 0.3 is 0 Å². The number of hydrogen-bond acceptors (Lipinski definition) is 5. The molecule has 0 radical (unpaired) electrons. The zero-order chi connectivity index (χ0) is 18.4. The number of nitrogens with zero attached hydrogens (tertiary/aromatic N) is 2. The van der Waals surface area contributed by atoms with Crippen LogP contribution < -0.4 is 10.6 Å². The lowest BCUT2D eigenvalue weighted by atomic mass is 10.2. The number of nitriles is 1. The van der Waals surface area contributed by atoms with Crippen LogP contribution in [-0.4, -0.2) is 10.8 Å². The Morgan fingerprint density at radius 2 is 2.00 bits per heavy atom. The Hall–Kier alpha value is -3.08. The maximum absolute atomic E-state index is 12.1. The SMILES string of the molecule is N#C/C(=C/Nc1cc([N+](=O)[O-])ccc1Cl)C(=O)Nc1cccc(Cl)c1. The molecule has 0 unspecified atom stereocenters. The van der Waals surface area contributed by atoms with E-state index < -0.39 is 10.8 Å². The quantitative estimate of drug-likeness (QED) is 0.348.